The van der Waals surface area contributed by atoms with E-state index in [1.807, 2.05) is 24.4 Å². The van der Waals surface area contributed by atoms with Crippen molar-refractivity contribution in [3.63, 3.8) is 0 Å². The van der Waals surface area contributed by atoms with Gasteiger partial charge in [-0.1, -0.05) is 6.07 Å². The maximum Gasteiger partial charge on any atom is 0.191 e. The Hall–Kier alpha value is -0.930. The normalized spacial score (nSPS) is 15.3. The van der Waals surface area contributed by atoms with Crippen molar-refractivity contribution >= 4 is 29.9 Å². The lowest BCUT2D eigenvalue weighted by Gasteiger charge is -2.21. The van der Waals surface area contributed by atoms with Crippen LogP contribution in [0, 0.1) is 5.92 Å². The van der Waals surface area contributed by atoms with E-state index in [4.69, 9.17) is 9.47 Å². The average molecular weight is 476 g/mol. The number of pyridine rings is 1. The molecule has 0 unspecified atom stereocenters. The molecule has 0 radical (unpaired) electrons. The van der Waals surface area contributed by atoms with Gasteiger partial charge in [0.15, 0.2) is 5.96 Å². The van der Waals surface area contributed by atoms with Gasteiger partial charge in [0, 0.05) is 64.4 Å². The van der Waals surface area contributed by atoms with Crippen molar-refractivity contribution in [1.29, 1.82) is 0 Å². The summed E-state index contributed by atoms with van der Waals surface area (Å²) in [6, 6.07) is 6.00. The average Bonchev–Trinajstić information content (AvgIpc) is 2.66. The molecule has 26 heavy (non-hydrogen) atoms. The van der Waals surface area contributed by atoms with Crippen LogP contribution in [-0.2, 0) is 15.9 Å². The fourth-order valence-corrected chi connectivity index (χ4v) is 2.72. The van der Waals surface area contributed by atoms with Crippen LogP contribution in [0.2, 0.25) is 0 Å². The van der Waals surface area contributed by atoms with Gasteiger partial charge in [-0.2, -0.15) is 0 Å². The summed E-state index contributed by atoms with van der Waals surface area (Å²) in [7, 11) is 0. The van der Waals surface area contributed by atoms with Crippen LogP contribution in [0.4, 0.5) is 0 Å². The van der Waals surface area contributed by atoms with E-state index in [0.29, 0.717) is 5.92 Å². The molecule has 2 N–H and O–H groups in total. The van der Waals surface area contributed by atoms with Crippen molar-refractivity contribution in [1.82, 2.24) is 15.6 Å². The zero-order valence-electron chi connectivity index (χ0n) is 15.8. The van der Waals surface area contributed by atoms with E-state index in [1.165, 1.54) is 0 Å². The zero-order valence-corrected chi connectivity index (χ0v) is 18.1. The number of aromatic nitrogens is 1. The van der Waals surface area contributed by atoms with Crippen molar-refractivity contribution in [3.05, 3.63) is 30.1 Å². The number of guanidine groups is 1. The van der Waals surface area contributed by atoms with Crippen LogP contribution in [0.25, 0.3) is 0 Å². The Balaban J connectivity index is 0.00000338. The van der Waals surface area contributed by atoms with Crippen molar-refractivity contribution in [2.24, 2.45) is 10.9 Å². The highest BCUT2D eigenvalue weighted by Gasteiger charge is 2.13. The van der Waals surface area contributed by atoms with Crippen molar-refractivity contribution < 1.29 is 9.47 Å². The molecule has 2 rings (SSSR count). The van der Waals surface area contributed by atoms with E-state index in [9.17, 15) is 0 Å². The van der Waals surface area contributed by atoms with Gasteiger partial charge >= 0.3 is 0 Å². The highest BCUT2D eigenvalue weighted by atomic mass is 127. The number of hydrogen-bond acceptors (Lipinski definition) is 4. The Kier molecular flexibility index (Phi) is 13.5. The van der Waals surface area contributed by atoms with Crippen LogP contribution in [-0.4, -0.2) is 57.0 Å². The summed E-state index contributed by atoms with van der Waals surface area (Å²) in [4.78, 5) is 8.93. The molecule has 0 saturated carbocycles. The standard InChI is InChI=1S/C19H32N4O2.HI/c1-2-20-19(23-12-7-18-6-3-4-10-21-18)22-11-5-13-25-16-17-8-14-24-15-9-17;/h3-4,6,10,17H,2,5,7-9,11-16H2,1H3,(H2,20,22,23);1H. The van der Waals surface area contributed by atoms with Crippen LogP contribution in [0.5, 0.6) is 0 Å². The smallest absolute Gasteiger partial charge is 0.191 e. The van der Waals surface area contributed by atoms with E-state index in [-0.39, 0.29) is 24.0 Å². The van der Waals surface area contributed by atoms with Gasteiger partial charge in [0.2, 0.25) is 0 Å². The predicted octanol–water partition coefficient (Wildman–Crippen LogP) is 2.63. The monoisotopic (exact) mass is 476 g/mol. The first-order valence-electron chi connectivity index (χ1n) is 9.46. The molecule has 6 nitrogen and oxygen atoms in total. The summed E-state index contributed by atoms with van der Waals surface area (Å²) in [6.07, 6.45) is 5.92. The van der Waals surface area contributed by atoms with Crippen molar-refractivity contribution in [2.45, 2.75) is 32.6 Å². The fraction of sp³-hybridized carbons (Fsp3) is 0.684. The minimum Gasteiger partial charge on any atom is -0.381 e. The Morgan fingerprint density at radius 1 is 1.31 bits per heavy atom. The molecule has 0 aromatic carbocycles. The minimum absolute atomic E-state index is 0. The Morgan fingerprint density at radius 3 is 2.88 bits per heavy atom. The highest BCUT2D eigenvalue weighted by Crippen LogP contribution is 2.14. The van der Waals surface area contributed by atoms with Gasteiger partial charge in [-0.3, -0.25) is 9.98 Å². The Morgan fingerprint density at radius 2 is 2.15 bits per heavy atom. The van der Waals surface area contributed by atoms with Crippen molar-refractivity contribution in [2.75, 3.05) is 46.1 Å². The summed E-state index contributed by atoms with van der Waals surface area (Å²) in [5.41, 5.74) is 1.09. The molecule has 148 valence electrons. The molecule has 1 aromatic heterocycles. The maximum atomic E-state index is 5.78. The van der Waals surface area contributed by atoms with Crippen LogP contribution in [0.1, 0.15) is 31.9 Å². The lowest BCUT2D eigenvalue weighted by Crippen LogP contribution is -2.38. The van der Waals surface area contributed by atoms with Gasteiger partial charge in [-0.15, -0.1) is 24.0 Å². The van der Waals surface area contributed by atoms with Gasteiger partial charge in [0.05, 0.1) is 0 Å². The molecule has 0 atom stereocenters. The topological polar surface area (TPSA) is 67.8 Å². The van der Waals surface area contributed by atoms with Gasteiger partial charge in [0.25, 0.3) is 0 Å². The molecule has 0 aliphatic carbocycles. The number of ether oxygens (including phenoxy) is 2. The fourth-order valence-electron chi connectivity index (χ4n) is 2.72. The molecule has 1 saturated heterocycles. The number of nitrogens with zero attached hydrogens (tertiary/aromatic N) is 2. The largest absolute Gasteiger partial charge is 0.381 e. The third-order valence-electron chi connectivity index (χ3n) is 4.16. The van der Waals surface area contributed by atoms with E-state index in [2.05, 4.69) is 27.5 Å². The second-order valence-electron chi connectivity index (χ2n) is 6.24. The van der Waals surface area contributed by atoms with E-state index >= 15 is 0 Å². The molecule has 0 spiro atoms. The Bertz CT molecular complexity index is 482. The number of nitrogens with one attached hydrogen (secondary N) is 2. The van der Waals surface area contributed by atoms with Crippen LogP contribution in [0.3, 0.4) is 0 Å². The van der Waals surface area contributed by atoms with E-state index in [0.717, 1.165) is 83.4 Å². The second-order valence-corrected chi connectivity index (χ2v) is 6.24. The number of hydrogen-bond donors (Lipinski definition) is 2. The van der Waals surface area contributed by atoms with Gasteiger partial charge < -0.3 is 20.1 Å². The van der Waals surface area contributed by atoms with Crippen LogP contribution < -0.4 is 10.6 Å². The molecular weight excluding hydrogens is 443 g/mol. The Labute approximate surface area is 174 Å². The summed E-state index contributed by atoms with van der Waals surface area (Å²) < 4.78 is 11.1. The van der Waals surface area contributed by atoms with Crippen LogP contribution >= 0.6 is 24.0 Å². The first kappa shape index (κ1) is 23.1. The maximum absolute atomic E-state index is 5.78. The minimum atomic E-state index is 0. The molecule has 1 aromatic rings. The lowest BCUT2D eigenvalue weighted by atomic mass is 10.0. The third-order valence-corrected chi connectivity index (χ3v) is 4.16. The van der Waals surface area contributed by atoms with E-state index < -0.39 is 0 Å². The summed E-state index contributed by atoms with van der Waals surface area (Å²) in [5.74, 6) is 1.53. The first-order valence-corrected chi connectivity index (χ1v) is 9.46. The molecule has 2 heterocycles. The first-order chi connectivity index (χ1) is 12.4. The number of rotatable bonds is 10. The van der Waals surface area contributed by atoms with Gasteiger partial charge in [-0.05, 0) is 44.2 Å². The van der Waals surface area contributed by atoms with Crippen LogP contribution in [0.15, 0.2) is 29.4 Å². The van der Waals surface area contributed by atoms with Crippen molar-refractivity contribution in [3.8, 4) is 0 Å². The molecular formula is C19H33IN4O2. The molecule has 0 amide bonds. The zero-order chi connectivity index (χ0) is 17.6. The molecule has 0 bridgehead atoms. The summed E-state index contributed by atoms with van der Waals surface area (Å²) in [6.45, 7) is 7.92. The molecule has 7 heteroatoms. The SMILES string of the molecule is CCNC(=NCCCOCC1CCOCC1)NCCc1ccccn1.I. The van der Waals surface area contributed by atoms with Gasteiger partial charge in [0.1, 0.15) is 0 Å². The number of halogens is 1. The second kappa shape index (κ2) is 15.2. The van der Waals surface area contributed by atoms with E-state index in [1.54, 1.807) is 0 Å². The summed E-state index contributed by atoms with van der Waals surface area (Å²) >= 11 is 0. The number of aliphatic imine (C=N–C) groups is 1. The molecule has 1 aliphatic heterocycles. The predicted molar refractivity (Wildman–Crippen MR) is 116 cm³/mol. The quantitative estimate of drug-likeness (QED) is 0.235. The highest BCUT2D eigenvalue weighted by molar-refractivity contribution is 14.0. The summed E-state index contributed by atoms with van der Waals surface area (Å²) in [5, 5.41) is 6.63. The third kappa shape index (κ3) is 10.3. The molecule has 1 aliphatic rings. The molecule has 1 fully saturated rings. The lowest BCUT2D eigenvalue weighted by molar-refractivity contribution is 0.0205. The van der Waals surface area contributed by atoms with Gasteiger partial charge in [-0.25, -0.2) is 0 Å².